The summed E-state index contributed by atoms with van der Waals surface area (Å²) in [6, 6.07) is 9.61. The standard InChI is InChI=1S/C29H34N6O2.C2H4O2.C2H6/c1-4-19-13-22(36)10-11-25(19)34-29(30)24-16-32-35-17-20(23-15-31-27(37-3)12-18(23)2)14-26(35)28(24)33-21-8-6-5-7-9-21;1-2(3)4;1-2/h10-17,21,33,36H,4-9H2,1-3H3,(H2,30,34);1H3,(H,3,4);1-2H3. The molecule has 10 heteroatoms. The molecule has 1 fully saturated rings. The topological polar surface area (TPSA) is 147 Å². The van der Waals surface area contributed by atoms with Crippen molar-refractivity contribution >= 4 is 28.7 Å². The Hall–Kier alpha value is -4.60. The first-order chi connectivity index (χ1) is 20.7. The van der Waals surface area contributed by atoms with Gasteiger partial charge in [-0.1, -0.05) is 40.0 Å². The number of carbonyl (C=O) groups is 1. The number of amidine groups is 1. The first-order valence-corrected chi connectivity index (χ1v) is 14.8. The van der Waals surface area contributed by atoms with Crippen LogP contribution in [0.25, 0.3) is 16.6 Å². The van der Waals surface area contributed by atoms with Crippen LogP contribution in [0.5, 0.6) is 11.6 Å². The van der Waals surface area contributed by atoms with Crippen molar-refractivity contribution in [1.82, 2.24) is 14.6 Å². The first kappa shape index (κ1) is 32.9. The van der Waals surface area contributed by atoms with Crippen LogP contribution in [-0.2, 0) is 11.2 Å². The minimum atomic E-state index is -0.833. The fourth-order valence-corrected chi connectivity index (χ4v) is 5.10. The van der Waals surface area contributed by atoms with Crippen molar-refractivity contribution in [2.24, 2.45) is 10.7 Å². The molecule has 0 saturated heterocycles. The van der Waals surface area contributed by atoms with Crippen molar-refractivity contribution < 1.29 is 19.7 Å². The molecular weight excluding hydrogens is 544 g/mol. The lowest BCUT2D eigenvalue weighted by Crippen LogP contribution is -2.25. The molecule has 5 N–H and O–H groups in total. The molecule has 0 amide bonds. The van der Waals surface area contributed by atoms with Crippen LogP contribution >= 0.6 is 0 Å². The van der Waals surface area contributed by atoms with Crippen LogP contribution in [0.15, 0.2) is 53.9 Å². The second kappa shape index (κ2) is 15.6. The summed E-state index contributed by atoms with van der Waals surface area (Å²) in [6.45, 7) is 9.17. The van der Waals surface area contributed by atoms with Crippen LogP contribution in [0.4, 0.5) is 11.4 Å². The summed E-state index contributed by atoms with van der Waals surface area (Å²) in [4.78, 5) is 18.2. The Morgan fingerprint density at radius 3 is 2.49 bits per heavy atom. The summed E-state index contributed by atoms with van der Waals surface area (Å²) in [5, 5.41) is 25.8. The van der Waals surface area contributed by atoms with Crippen molar-refractivity contribution in [2.45, 2.75) is 79.2 Å². The Bertz CT molecular complexity index is 1550. The smallest absolute Gasteiger partial charge is 0.300 e. The number of fused-ring (bicyclic) bond motifs is 1. The number of carboxylic acids is 1. The normalized spacial score (nSPS) is 13.4. The number of aromatic hydroxyl groups is 1. The van der Waals surface area contributed by atoms with Gasteiger partial charge < -0.3 is 26.0 Å². The van der Waals surface area contributed by atoms with E-state index in [2.05, 4.69) is 23.3 Å². The third-order valence-electron chi connectivity index (χ3n) is 7.16. The molecular formula is C33H44N6O4. The molecule has 230 valence electrons. The SMILES string of the molecule is CC.CC(=O)O.CCc1cc(O)ccc1N=C(N)c1cnn2cc(-c3cnc(OC)cc3C)cc2c1NC1CCCCC1. The van der Waals surface area contributed by atoms with Crippen molar-refractivity contribution in [3.05, 3.63) is 65.6 Å². The second-order valence-electron chi connectivity index (χ2n) is 10.2. The Morgan fingerprint density at radius 2 is 1.86 bits per heavy atom. The number of hydrogen-bond acceptors (Lipinski definition) is 7. The van der Waals surface area contributed by atoms with Gasteiger partial charge in [0.15, 0.2) is 0 Å². The minimum Gasteiger partial charge on any atom is -0.508 e. The number of nitrogens with zero attached hydrogens (tertiary/aromatic N) is 4. The van der Waals surface area contributed by atoms with Crippen LogP contribution in [0.1, 0.15) is 76.5 Å². The number of carboxylic acid groups (broad SMARTS) is 1. The van der Waals surface area contributed by atoms with E-state index in [1.165, 1.54) is 19.3 Å². The highest BCUT2D eigenvalue weighted by Crippen LogP contribution is 2.33. The number of nitrogens with two attached hydrogens (primary N) is 1. The molecule has 1 aromatic carbocycles. The van der Waals surface area contributed by atoms with Crippen LogP contribution in [0.3, 0.4) is 0 Å². The highest BCUT2D eigenvalue weighted by atomic mass is 16.5. The van der Waals surface area contributed by atoms with E-state index < -0.39 is 5.97 Å². The highest BCUT2D eigenvalue weighted by molar-refractivity contribution is 6.06. The molecule has 0 unspecified atom stereocenters. The molecule has 3 aromatic heterocycles. The summed E-state index contributed by atoms with van der Waals surface area (Å²) in [5.41, 5.74) is 14.1. The molecule has 0 atom stereocenters. The van der Waals surface area contributed by atoms with Crippen molar-refractivity contribution in [3.63, 3.8) is 0 Å². The van der Waals surface area contributed by atoms with Gasteiger partial charge in [0.05, 0.1) is 35.8 Å². The van der Waals surface area contributed by atoms with Gasteiger partial charge in [-0.2, -0.15) is 5.10 Å². The van der Waals surface area contributed by atoms with Crippen molar-refractivity contribution in [1.29, 1.82) is 0 Å². The fourth-order valence-electron chi connectivity index (χ4n) is 5.10. The number of aliphatic imine (C=N–C) groups is 1. The van der Waals surface area contributed by atoms with E-state index in [-0.39, 0.29) is 5.75 Å². The van der Waals surface area contributed by atoms with Crippen LogP contribution in [0, 0.1) is 6.92 Å². The van der Waals surface area contributed by atoms with E-state index in [1.54, 1.807) is 31.5 Å². The number of ether oxygens (including phenoxy) is 1. The molecule has 1 saturated carbocycles. The summed E-state index contributed by atoms with van der Waals surface area (Å²) in [5.74, 6) is 0.370. The number of phenols is 1. The molecule has 1 aliphatic rings. The Labute approximate surface area is 253 Å². The number of anilines is 1. The van der Waals surface area contributed by atoms with Crippen molar-refractivity contribution in [3.8, 4) is 22.8 Å². The third kappa shape index (κ3) is 8.47. The second-order valence-corrected chi connectivity index (χ2v) is 10.2. The maximum Gasteiger partial charge on any atom is 0.300 e. The molecule has 5 rings (SSSR count). The number of aliphatic carboxylic acids is 1. The molecule has 10 nitrogen and oxygen atoms in total. The van der Waals surface area contributed by atoms with E-state index in [0.29, 0.717) is 17.8 Å². The van der Waals surface area contributed by atoms with E-state index in [9.17, 15) is 5.11 Å². The van der Waals surface area contributed by atoms with Gasteiger partial charge in [0.1, 0.15) is 11.6 Å². The number of benzene rings is 1. The number of pyridine rings is 1. The van der Waals surface area contributed by atoms with Gasteiger partial charge in [-0.3, -0.25) is 4.79 Å². The fraction of sp³-hybridized carbons (Fsp3) is 0.394. The largest absolute Gasteiger partial charge is 0.508 e. The lowest BCUT2D eigenvalue weighted by atomic mass is 9.95. The van der Waals surface area contributed by atoms with Crippen LogP contribution < -0.4 is 15.8 Å². The zero-order chi connectivity index (χ0) is 31.5. The number of aromatic nitrogens is 3. The third-order valence-corrected chi connectivity index (χ3v) is 7.16. The number of hydrogen-bond donors (Lipinski definition) is 4. The molecule has 0 aliphatic heterocycles. The van der Waals surface area contributed by atoms with Crippen LogP contribution in [0.2, 0.25) is 0 Å². The van der Waals surface area contributed by atoms with Gasteiger partial charge in [-0.25, -0.2) is 14.5 Å². The van der Waals surface area contributed by atoms with Crippen molar-refractivity contribution in [2.75, 3.05) is 12.4 Å². The van der Waals surface area contributed by atoms with Crippen LogP contribution in [-0.4, -0.2) is 49.8 Å². The summed E-state index contributed by atoms with van der Waals surface area (Å²) >= 11 is 0. The average Bonchev–Trinajstić information content (AvgIpc) is 3.44. The van der Waals surface area contributed by atoms with Gasteiger partial charge in [-0.15, -0.1) is 0 Å². The zero-order valence-electron chi connectivity index (χ0n) is 26.0. The first-order valence-electron chi connectivity index (χ1n) is 14.8. The highest BCUT2D eigenvalue weighted by Gasteiger charge is 2.20. The van der Waals surface area contributed by atoms with E-state index in [0.717, 1.165) is 70.9 Å². The Morgan fingerprint density at radius 1 is 1.16 bits per heavy atom. The quantitative estimate of drug-likeness (QED) is 0.135. The van der Waals surface area contributed by atoms with E-state index >= 15 is 0 Å². The van der Waals surface area contributed by atoms with E-state index in [4.69, 9.17) is 30.5 Å². The van der Waals surface area contributed by atoms with Gasteiger partial charge in [-0.05, 0) is 61.6 Å². The summed E-state index contributed by atoms with van der Waals surface area (Å²) in [6.07, 6.45) is 12.3. The maximum absolute atomic E-state index is 9.90. The van der Waals surface area contributed by atoms with Gasteiger partial charge >= 0.3 is 0 Å². The number of aryl methyl sites for hydroxylation is 2. The summed E-state index contributed by atoms with van der Waals surface area (Å²) < 4.78 is 7.17. The number of nitrogens with one attached hydrogen (secondary N) is 1. The average molecular weight is 589 g/mol. The predicted octanol–water partition coefficient (Wildman–Crippen LogP) is 6.88. The molecule has 1 aliphatic carbocycles. The predicted molar refractivity (Wildman–Crippen MR) is 173 cm³/mol. The molecule has 0 radical (unpaired) electrons. The summed E-state index contributed by atoms with van der Waals surface area (Å²) in [7, 11) is 1.62. The molecule has 43 heavy (non-hydrogen) atoms. The lowest BCUT2D eigenvalue weighted by molar-refractivity contribution is -0.134. The molecule has 0 bridgehead atoms. The lowest BCUT2D eigenvalue weighted by Gasteiger charge is -2.25. The number of phenolic OH excluding ortho intramolecular Hbond substituents is 1. The maximum atomic E-state index is 9.90. The Kier molecular flexibility index (Phi) is 11.9. The van der Waals surface area contributed by atoms with E-state index in [1.807, 2.05) is 43.7 Å². The minimum absolute atomic E-state index is 0.223. The zero-order valence-corrected chi connectivity index (χ0v) is 26.0. The van der Waals surface area contributed by atoms with Gasteiger partial charge in [0, 0.05) is 42.6 Å². The number of rotatable bonds is 7. The molecule has 0 spiro atoms. The van der Waals surface area contributed by atoms with Gasteiger partial charge in [0.25, 0.3) is 5.97 Å². The molecule has 3 heterocycles. The monoisotopic (exact) mass is 588 g/mol. The molecule has 4 aromatic rings. The Balaban J connectivity index is 0.000000780. The number of methoxy groups -OCH3 is 1. The van der Waals surface area contributed by atoms with Gasteiger partial charge in [0.2, 0.25) is 5.88 Å².